The lowest BCUT2D eigenvalue weighted by Crippen LogP contribution is -2.35. The number of rotatable bonds is 7. The number of sulfonamides is 1. The molecule has 1 aliphatic heterocycles. The summed E-state index contributed by atoms with van der Waals surface area (Å²) < 4.78 is 48.7. The van der Waals surface area contributed by atoms with E-state index in [0.29, 0.717) is 25.4 Å². The van der Waals surface area contributed by atoms with Crippen LogP contribution in [0.3, 0.4) is 0 Å². The van der Waals surface area contributed by atoms with Gasteiger partial charge in [0.1, 0.15) is 0 Å². The van der Waals surface area contributed by atoms with Gasteiger partial charge in [0, 0.05) is 19.1 Å². The van der Waals surface area contributed by atoms with Gasteiger partial charge in [-0.2, -0.15) is 0 Å². The van der Waals surface area contributed by atoms with Crippen LogP contribution in [0.5, 0.6) is 0 Å². The van der Waals surface area contributed by atoms with Gasteiger partial charge in [0.05, 0.1) is 17.3 Å². The van der Waals surface area contributed by atoms with Crippen molar-refractivity contribution in [3.63, 3.8) is 0 Å². The lowest BCUT2D eigenvalue weighted by Gasteiger charge is -2.19. The average molecular weight is 324 g/mol. The van der Waals surface area contributed by atoms with E-state index in [1.807, 2.05) is 0 Å². The third-order valence-corrected chi connectivity index (χ3v) is 7.42. The van der Waals surface area contributed by atoms with Gasteiger partial charge in [-0.25, -0.2) is 21.1 Å². The highest BCUT2D eigenvalue weighted by molar-refractivity contribution is 7.91. The lowest BCUT2D eigenvalue weighted by molar-refractivity contribution is 0.433. The van der Waals surface area contributed by atoms with E-state index in [-0.39, 0.29) is 23.8 Å². The molecule has 0 amide bonds. The number of nitrogens with zero attached hydrogens (tertiary/aromatic N) is 1. The molecule has 0 unspecified atom stereocenters. The van der Waals surface area contributed by atoms with E-state index in [9.17, 15) is 16.8 Å². The topological polar surface area (TPSA) is 83.6 Å². The minimum absolute atomic E-state index is 0.0462. The average Bonchev–Trinajstić information content (AvgIpc) is 3.16. The molecular formula is C12H24N2O4S2. The molecule has 0 aromatic carbocycles. The molecule has 2 fully saturated rings. The largest absolute Gasteiger partial charge is 0.314 e. The normalized spacial score (nSPS) is 24.4. The molecule has 1 aliphatic carbocycles. The van der Waals surface area contributed by atoms with Gasteiger partial charge in [-0.15, -0.1) is 0 Å². The first-order valence-corrected chi connectivity index (χ1v) is 10.7. The first-order valence-electron chi connectivity index (χ1n) is 7.31. The van der Waals surface area contributed by atoms with E-state index in [4.69, 9.17) is 0 Å². The molecule has 8 heteroatoms. The van der Waals surface area contributed by atoms with Gasteiger partial charge in [-0.05, 0) is 38.6 Å². The molecule has 6 nitrogen and oxygen atoms in total. The molecular weight excluding hydrogens is 300 g/mol. The fourth-order valence-corrected chi connectivity index (χ4v) is 5.32. The number of nitrogens with one attached hydrogen (secondary N) is 1. The molecule has 1 saturated carbocycles. The molecule has 2 rings (SSSR count). The van der Waals surface area contributed by atoms with E-state index in [1.165, 1.54) is 17.1 Å². The van der Waals surface area contributed by atoms with Gasteiger partial charge >= 0.3 is 0 Å². The molecule has 1 heterocycles. The highest BCUT2D eigenvalue weighted by Gasteiger charge is 2.27. The molecule has 0 radical (unpaired) electrons. The summed E-state index contributed by atoms with van der Waals surface area (Å²) in [5, 5.41) is 3.36. The first kappa shape index (κ1) is 16.2. The summed E-state index contributed by atoms with van der Waals surface area (Å²) in [6, 6.07) is 0.655. The van der Waals surface area contributed by atoms with Crippen molar-refractivity contribution in [1.82, 2.24) is 9.62 Å². The Kier molecular flexibility index (Phi) is 5.44. The summed E-state index contributed by atoms with van der Waals surface area (Å²) >= 11 is 0. The van der Waals surface area contributed by atoms with Crippen molar-refractivity contribution >= 4 is 19.9 Å². The third kappa shape index (κ3) is 5.31. The van der Waals surface area contributed by atoms with Crippen molar-refractivity contribution in [3.8, 4) is 0 Å². The Morgan fingerprint density at radius 3 is 2.55 bits per heavy atom. The molecule has 0 aromatic heterocycles. The summed E-state index contributed by atoms with van der Waals surface area (Å²) in [5.74, 6) is 0.180. The second-order valence-corrected chi connectivity index (χ2v) is 10.0. The van der Waals surface area contributed by atoms with Crippen LogP contribution in [0, 0.1) is 0 Å². The van der Waals surface area contributed by atoms with Crippen LogP contribution in [0.25, 0.3) is 0 Å². The Morgan fingerprint density at radius 1 is 1.10 bits per heavy atom. The molecule has 0 atom stereocenters. The Morgan fingerprint density at radius 2 is 1.85 bits per heavy atom. The lowest BCUT2D eigenvalue weighted by atomic mass is 10.3. The number of hydrogen-bond acceptors (Lipinski definition) is 5. The zero-order valence-electron chi connectivity index (χ0n) is 11.8. The second kappa shape index (κ2) is 6.72. The maximum Gasteiger partial charge on any atom is 0.214 e. The minimum atomic E-state index is -3.30. The summed E-state index contributed by atoms with van der Waals surface area (Å²) in [7, 11) is -6.36. The van der Waals surface area contributed by atoms with Crippen molar-refractivity contribution in [2.75, 3.05) is 36.9 Å². The van der Waals surface area contributed by atoms with Crippen molar-refractivity contribution in [1.29, 1.82) is 0 Å². The highest BCUT2D eigenvalue weighted by atomic mass is 32.2. The van der Waals surface area contributed by atoms with Gasteiger partial charge in [0.2, 0.25) is 10.0 Å². The van der Waals surface area contributed by atoms with E-state index in [2.05, 4.69) is 5.32 Å². The molecule has 0 aromatic rings. The van der Waals surface area contributed by atoms with Crippen LogP contribution in [-0.4, -0.2) is 64.1 Å². The van der Waals surface area contributed by atoms with Crippen LogP contribution in [0.2, 0.25) is 0 Å². The summed E-state index contributed by atoms with van der Waals surface area (Å²) in [6.07, 6.45) is 4.36. The van der Waals surface area contributed by atoms with Crippen LogP contribution < -0.4 is 5.32 Å². The maximum atomic E-state index is 12.2. The summed E-state index contributed by atoms with van der Waals surface area (Å²) in [6.45, 7) is 1.32. The fraction of sp³-hybridized carbons (Fsp3) is 1.00. The minimum Gasteiger partial charge on any atom is -0.314 e. The highest BCUT2D eigenvalue weighted by Crippen LogP contribution is 2.18. The predicted molar refractivity (Wildman–Crippen MR) is 78.9 cm³/mol. The van der Waals surface area contributed by atoms with Crippen LogP contribution in [0.15, 0.2) is 0 Å². The van der Waals surface area contributed by atoms with Crippen molar-refractivity contribution < 1.29 is 16.8 Å². The molecule has 0 spiro atoms. The van der Waals surface area contributed by atoms with Gasteiger partial charge in [-0.1, -0.05) is 0 Å². The van der Waals surface area contributed by atoms with Gasteiger partial charge in [-0.3, -0.25) is 0 Å². The monoisotopic (exact) mass is 324 g/mol. The van der Waals surface area contributed by atoms with Crippen molar-refractivity contribution in [2.24, 2.45) is 0 Å². The maximum absolute atomic E-state index is 12.2. The van der Waals surface area contributed by atoms with Crippen LogP contribution in [-0.2, 0) is 19.9 Å². The van der Waals surface area contributed by atoms with Crippen LogP contribution in [0.4, 0.5) is 0 Å². The summed E-state index contributed by atoms with van der Waals surface area (Å²) in [4.78, 5) is 0. The number of unbranched alkanes of at least 4 members (excludes halogenated alkanes) is 1. The Balaban J connectivity index is 1.73. The molecule has 0 bridgehead atoms. The van der Waals surface area contributed by atoms with E-state index in [1.54, 1.807) is 0 Å². The third-order valence-electron chi connectivity index (χ3n) is 3.75. The van der Waals surface area contributed by atoms with E-state index < -0.39 is 19.9 Å². The Hall–Kier alpha value is -0.180. The van der Waals surface area contributed by atoms with Crippen molar-refractivity contribution in [3.05, 3.63) is 0 Å². The second-order valence-electron chi connectivity index (χ2n) is 5.66. The Labute approximate surface area is 121 Å². The number of hydrogen-bond donors (Lipinski definition) is 1. The fourth-order valence-electron chi connectivity index (χ4n) is 2.33. The van der Waals surface area contributed by atoms with Gasteiger partial charge < -0.3 is 5.32 Å². The molecule has 2 aliphatic rings. The van der Waals surface area contributed by atoms with Gasteiger partial charge in [0.25, 0.3) is 0 Å². The SMILES string of the molecule is O=S1(=O)CCCN(S(=O)(=O)CCCCNC2CC2)CC1. The molecule has 1 N–H and O–H groups in total. The molecule has 118 valence electrons. The van der Waals surface area contributed by atoms with Gasteiger partial charge in [0.15, 0.2) is 9.84 Å². The van der Waals surface area contributed by atoms with Crippen molar-refractivity contribution in [2.45, 2.75) is 38.1 Å². The Bertz CT molecular complexity index is 512. The van der Waals surface area contributed by atoms with Crippen LogP contribution >= 0.6 is 0 Å². The molecule has 20 heavy (non-hydrogen) atoms. The smallest absolute Gasteiger partial charge is 0.214 e. The quantitative estimate of drug-likeness (QED) is 0.665. The molecule has 1 saturated heterocycles. The van der Waals surface area contributed by atoms with E-state index in [0.717, 1.165) is 13.0 Å². The zero-order chi connectivity index (χ0) is 14.6. The van der Waals surface area contributed by atoms with E-state index >= 15 is 0 Å². The first-order chi connectivity index (χ1) is 9.39. The van der Waals surface area contributed by atoms with Crippen LogP contribution in [0.1, 0.15) is 32.1 Å². The number of sulfone groups is 1. The predicted octanol–water partition coefficient (Wildman–Crippen LogP) is -0.0311. The standard InChI is InChI=1S/C12H24N2O4S2/c15-19(16)9-3-7-14(8-11-19)20(17,18)10-2-1-6-13-12-4-5-12/h12-13H,1-11H2. The summed E-state index contributed by atoms with van der Waals surface area (Å²) in [5.41, 5.74) is 0. The zero-order valence-corrected chi connectivity index (χ0v) is 13.4.